The van der Waals surface area contributed by atoms with Crippen molar-refractivity contribution in [3.63, 3.8) is 0 Å². The van der Waals surface area contributed by atoms with Crippen molar-refractivity contribution in [1.29, 1.82) is 0 Å². The van der Waals surface area contributed by atoms with Gasteiger partial charge in [0.2, 0.25) is 0 Å². The molecule has 0 saturated heterocycles. The van der Waals surface area contributed by atoms with Crippen molar-refractivity contribution < 1.29 is 9.18 Å². The summed E-state index contributed by atoms with van der Waals surface area (Å²) in [6.07, 6.45) is 1.06. The number of halogens is 2. The van der Waals surface area contributed by atoms with Crippen LogP contribution < -0.4 is 0 Å². The van der Waals surface area contributed by atoms with Crippen LogP contribution in [0.3, 0.4) is 0 Å². The molecular weight excluding hydrogens is 175 g/mol. The van der Waals surface area contributed by atoms with Gasteiger partial charge in [-0.3, -0.25) is 4.39 Å². The van der Waals surface area contributed by atoms with Crippen LogP contribution in [-0.4, -0.2) is 18.3 Å². The summed E-state index contributed by atoms with van der Waals surface area (Å²) in [6.45, 7) is -0.413. The summed E-state index contributed by atoms with van der Waals surface area (Å²) in [6, 6.07) is 0. The van der Waals surface area contributed by atoms with E-state index < -0.39 is 6.67 Å². The Hall–Kier alpha value is 0.0800. The van der Waals surface area contributed by atoms with E-state index in [1.54, 1.807) is 0 Å². The predicted octanol–water partition coefficient (Wildman–Crippen LogP) is 1.56. The lowest BCUT2D eigenvalue weighted by Crippen LogP contribution is -2.04. The highest BCUT2D eigenvalue weighted by atomic mass is 79.9. The van der Waals surface area contributed by atoms with E-state index in [9.17, 15) is 9.18 Å². The molecule has 0 aliphatic heterocycles. The van der Waals surface area contributed by atoms with Gasteiger partial charge in [-0.2, -0.15) is 0 Å². The van der Waals surface area contributed by atoms with Crippen LogP contribution in [0.5, 0.6) is 0 Å². The van der Waals surface area contributed by atoms with Crippen molar-refractivity contribution in [3.8, 4) is 0 Å². The van der Waals surface area contributed by atoms with Crippen molar-refractivity contribution in [2.45, 2.75) is 6.42 Å². The molecule has 0 aliphatic carbocycles. The van der Waals surface area contributed by atoms with Gasteiger partial charge in [0.05, 0.1) is 6.67 Å². The van der Waals surface area contributed by atoms with E-state index >= 15 is 0 Å². The van der Waals surface area contributed by atoms with Gasteiger partial charge in [-0.1, -0.05) is 15.9 Å². The average molecular weight is 183 g/mol. The molecule has 1 atom stereocenters. The van der Waals surface area contributed by atoms with E-state index in [0.29, 0.717) is 11.8 Å². The maximum atomic E-state index is 11.7. The van der Waals surface area contributed by atoms with E-state index in [1.165, 1.54) is 0 Å². The summed E-state index contributed by atoms with van der Waals surface area (Å²) in [5.41, 5.74) is 0. The quantitative estimate of drug-likeness (QED) is 0.477. The van der Waals surface area contributed by atoms with Gasteiger partial charge in [-0.15, -0.1) is 0 Å². The first kappa shape index (κ1) is 8.08. The molecule has 0 radical (unpaired) electrons. The average Bonchev–Trinajstić information content (AvgIpc) is 1.83. The zero-order valence-corrected chi connectivity index (χ0v) is 6.03. The molecule has 1 nitrogen and oxygen atoms in total. The number of carbonyl (C=O) groups excluding carboxylic acids is 1. The number of hydrogen-bond donors (Lipinski definition) is 0. The molecule has 0 N–H and O–H groups in total. The molecule has 0 spiro atoms. The van der Waals surface area contributed by atoms with Crippen LogP contribution in [0.4, 0.5) is 4.39 Å². The molecule has 0 rings (SSSR count). The number of rotatable bonds is 4. The van der Waals surface area contributed by atoms with Crippen LogP contribution in [0.1, 0.15) is 6.42 Å². The van der Waals surface area contributed by atoms with Crippen LogP contribution in [0.2, 0.25) is 0 Å². The molecular formula is C5H8BrFO. The maximum absolute atomic E-state index is 11.7. The molecule has 0 amide bonds. The van der Waals surface area contributed by atoms with Gasteiger partial charge in [0.25, 0.3) is 0 Å². The van der Waals surface area contributed by atoms with E-state index in [4.69, 9.17) is 0 Å². The Morgan fingerprint density at radius 3 is 2.50 bits per heavy atom. The molecule has 48 valence electrons. The van der Waals surface area contributed by atoms with Crippen molar-refractivity contribution in [3.05, 3.63) is 0 Å². The zero-order chi connectivity index (χ0) is 6.41. The maximum Gasteiger partial charge on any atom is 0.120 e. The molecule has 0 bridgehead atoms. The first-order valence-corrected chi connectivity index (χ1v) is 3.52. The number of alkyl halides is 2. The Morgan fingerprint density at radius 1 is 1.75 bits per heavy atom. The highest BCUT2D eigenvalue weighted by Gasteiger charge is 2.03. The third-order valence-electron chi connectivity index (χ3n) is 0.866. The first-order valence-electron chi connectivity index (χ1n) is 2.40. The summed E-state index contributed by atoms with van der Waals surface area (Å²) >= 11 is 3.08. The summed E-state index contributed by atoms with van der Waals surface area (Å²) in [5, 5.41) is 0.572. The van der Waals surface area contributed by atoms with Crippen LogP contribution >= 0.6 is 15.9 Å². The van der Waals surface area contributed by atoms with Crippen LogP contribution in [0.15, 0.2) is 0 Å². The smallest absolute Gasteiger partial charge is 0.120 e. The normalized spacial score (nSPS) is 13.2. The van der Waals surface area contributed by atoms with E-state index in [0.717, 1.165) is 6.29 Å². The lowest BCUT2D eigenvalue weighted by molar-refractivity contribution is -0.108. The fourth-order valence-electron chi connectivity index (χ4n) is 0.303. The number of carbonyl (C=O) groups is 1. The Kier molecular flexibility index (Phi) is 5.27. The molecule has 0 aromatic heterocycles. The molecule has 0 aromatic rings. The Bertz CT molecular complexity index is 63.4. The minimum atomic E-state index is -0.413. The van der Waals surface area contributed by atoms with Gasteiger partial charge in [0, 0.05) is 17.7 Å². The number of hydrogen-bond acceptors (Lipinski definition) is 1. The first-order chi connectivity index (χ1) is 3.85. The van der Waals surface area contributed by atoms with E-state index in [1.807, 2.05) is 0 Å². The minimum absolute atomic E-state index is 0.118. The third kappa shape index (κ3) is 3.13. The van der Waals surface area contributed by atoms with Gasteiger partial charge in [0.1, 0.15) is 6.29 Å². The number of aldehydes is 1. The largest absolute Gasteiger partial charge is 0.303 e. The summed E-state index contributed by atoms with van der Waals surface area (Å²) in [5.74, 6) is -0.118. The van der Waals surface area contributed by atoms with E-state index in [-0.39, 0.29) is 5.92 Å². The Labute approximate surface area is 56.4 Å². The Morgan fingerprint density at radius 2 is 2.38 bits per heavy atom. The SMILES string of the molecule is O=CC[C@H](CF)CBr. The predicted molar refractivity (Wildman–Crippen MR) is 33.9 cm³/mol. The third-order valence-corrected chi connectivity index (χ3v) is 1.78. The lowest BCUT2D eigenvalue weighted by Gasteiger charge is -2.00. The van der Waals surface area contributed by atoms with Gasteiger partial charge >= 0.3 is 0 Å². The van der Waals surface area contributed by atoms with Crippen LogP contribution in [0, 0.1) is 5.92 Å². The summed E-state index contributed by atoms with van der Waals surface area (Å²) < 4.78 is 11.7. The molecule has 0 heterocycles. The van der Waals surface area contributed by atoms with E-state index in [2.05, 4.69) is 15.9 Å². The molecule has 3 heteroatoms. The van der Waals surface area contributed by atoms with Gasteiger partial charge in [-0.25, -0.2) is 0 Å². The molecule has 0 saturated carbocycles. The summed E-state index contributed by atoms with van der Waals surface area (Å²) in [4.78, 5) is 9.75. The Balaban J connectivity index is 3.20. The van der Waals surface area contributed by atoms with Crippen molar-refractivity contribution in [1.82, 2.24) is 0 Å². The lowest BCUT2D eigenvalue weighted by atomic mass is 10.1. The van der Waals surface area contributed by atoms with Crippen molar-refractivity contribution in [2.24, 2.45) is 5.92 Å². The second-order valence-electron chi connectivity index (χ2n) is 1.58. The van der Waals surface area contributed by atoms with Gasteiger partial charge in [0.15, 0.2) is 0 Å². The van der Waals surface area contributed by atoms with Crippen LogP contribution in [-0.2, 0) is 4.79 Å². The van der Waals surface area contributed by atoms with Gasteiger partial charge in [-0.05, 0) is 0 Å². The fraction of sp³-hybridized carbons (Fsp3) is 0.800. The molecule has 0 aromatic carbocycles. The summed E-state index contributed by atoms with van der Waals surface area (Å²) in [7, 11) is 0. The second kappa shape index (κ2) is 5.22. The molecule has 0 aliphatic rings. The zero-order valence-electron chi connectivity index (χ0n) is 4.44. The monoisotopic (exact) mass is 182 g/mol. The molecule has 0 fully saturated rings. The standard InChI is InChI=1S/C5H8BrFO/c6-3-5(4-7)1-2-8/h2,5H,1,3-4H2/t5-/m0/s1. The van der Waals surface area contributed by atoms with Crippen molar-refractivity contribution >= 4 is 22.2 Å². The highest BCUT2D eigenvalue weighted by Crippen LogP contribution is 2.04. The highest BCUT2D eigenvalue weighted by molar-refractivity contribution is 9.09. The molecule has 0 unspecified atom stereocenters. The second-order valence-corrected chi connectivity index (χ2v) is 2.22. The topological polar surface area (TPSA) is 17.1 Å². The van der Waals surface area contributed by atoms with Crippen LogP contribution in [0.25, 0.3) is 0 Å². The van der Waals surface area contributed by atoms with Crippen molar-refractivity contribution in [2.75, 3.05) is 12.0 Å². The fourth-order valence-corrected chi connectivity index (χ4v) is 0.741. The minimum Gasteiger partial charge on any atom is -0.303 e. The van der Waals surface area contributed by atoms with Gasteiger partial charge < -0.3 is 4.79 Å². The molecule has 8 heavy (non-hydrogen) atoms.